The summed E-state index contributed by atoms with van der Waals surface area (Å²) in [7, 11) is 0. The summed E-state index contributed by atoms with van der Waals surface area (Å²) in [5.41, 5.74) is 0.566. The third-order valence-electron chi connectivity index (χ3n) is 2.33. The van der Waals surface area contributed by atoms with E-state index in [1.165, 1.54) is 0 Å². The Balaban J connectivity index is 1.91. The lowest BCUT2D eigenvalue weighted by atomic mass is 10.2. The topological polar surface area (TPSA) is 66.4 Å². The van der Waals surface area contributed by atoms with E-state index >= 15 is 0 Å². The van der Waals surface area contributed by atoms with Gasteiger partial charge in [-0.1, -0.05) is 6.07 Å². The van der Waals surface area contributed by atoms with Gasteiger partial charge in [0.1, 0.15) is 4.88 Å². The van der Waals surface area contributed by atoms with Gasteiger partial charge in [0, 0.05) is 4.88 Å². The van der Waals surface area contributed by atoms with E-state index in [1.54, 1.807) is 22.8 Å². The van der Waals surface area contributed by atoms with Crippen molar-refractivity contribution in [1.29, 1.82) is 0 Å². The number of rotatable bonds is 5. The zero-order chi connectivity index (χ0) is 13.0. The molecule has 0 bridgehead atoms. The van der Waals surface area contributed by atoms with E-state index in [0.717, 1.165) is 16.2 Å². The Morgan fingerprint density at radius 2 is 2.06 bits per heavy atom. The van der Waals surface area contributed by atoms with Gasteiger partial charge in [-0.25, -0.2) is 4.79 Å². The molecule has 0 saturated heterocycles. The van der Waals surface area contributed by atoms with Crippen LogP contribution in [-0.4, -0.2) is 17.0 Å². The molecule has 0 aliphatic carbocycles. The summed E-state index contributed by atoms with van der Waals surface area (Å²) >= 11 is 2.71. The Kier molecular flexibility index (Phi) is 4.11. The average Bonchev–Trinajstić information content (AvgIpc) is 2.96. The zero-order valence-corrected chi connectivity index (χ0v) is 11.0. The van der Waals surface area contributed by atoms with E-state index < -0.39 is 5.97 Å². The Bertz CT molecular complexity index is 545. The largest absolute Gasteiger partial charge is 0.477 e. The van der Waals surface area contributed by atoms with Gasteiger partial charge in [0.2, 0.25) is 5.91 Å². The van der Waals surface area contributed by atoms with Crippen LogP contribution in [-0.2, 0) is 17.8 Å². The maximum Gasteiger partial charge on any atom is 0.346 e. The summed E-state index contributed by atoms with van der Waals surface area (Å²) in [5, 5.41) is 15.3. The molecule has 18 heavy (non-hydrogen) atoms. The summed E-state index contributed by atoms with van der Waals surface area (Å²) in [4.78, 5) is 23.9. The Labute approximate surface area is 112 Å². The van der Waals surface area contributed by atoms with Crippen LogP contribution in [0.5, 0.6) is 0 Å². The Hall–Kier alpha value is -1.66. The molecule has 0 saturated carbocycles. The van der Waals surface area contributed by atoms with E-state index in [4.69, 9.17) is 5.11 Å². The van der Waals surface area contributed by atoms with Crippen molar-refractivity contribution < 1.29 is 14.7 Å². The molecule has 0 aromatic carbocycles. The molecule has 2 aromatic heterocycles. The second kappa shape index (κ2) is 5.79. The van der Waals surface area contributed by atoms with E-state index in [9.17, 15) is 9.59 Å². The second-order valence-electron chi connectivity index (χ2n) is 3.61. The molecule has 0 aliphatic heterocycles. The number of amides is 1. The van der Waals surface area contributed by atoms with Crippen molar-refractivity contribution in [3.63, 3.8) is 0 Å². The fraction of sp³-hybridized carbons (Fsp3) is 0.167. The quantitative estimate of drug-likeness (QED) is 0.884. The molecule has 0 radical (unpaired) electrons. The van der Waals surface area contributed by atoms with Crippen LogP contribution >= 0.6 is 22.7 Å². The molecule has 4 nitrogen and oxygen atoms in total. The first kappa shape index (κ1) is 12.8. The minimum absolute atomic E-state index is 0.108. The van der Waals surface area contributed by atoms with Gasteiger partial charge < -0.3 is 10.4 Å². The normalized spacial score (nSPS) is 10.2. The lowest BCUT2D eigenvalue weighted by Crippen LogP contribution is -2.24. The Morgan fingerprint density at radius 3 is 2.72 bits per heavy atom. The molecule has 94 valence electrons. The standard InChI is InChI=1S/C12H11NO3S2/c14-10(13-7-9-2-1-4-17-9)6-8-3-5-18-11(8)12(15)16/h1-5H,6-7H2,(H,13,14)(H,15,16). The number of hydrogen-bond donors (Lipinski definition) is 2. The number of nitrogens with one attached hydrogen (secondary N) is 1. The van der Waals surface area contributed by atoms with Crippen molar-refractivity contribution in [3.8, 4) is 0 Å². The molecule has 1 amide bonds. The van der Waals surface area contributed by atoms with Gasteiger partial charge >= 0.3 is 5.97 Å². The fourth-order valence-corrected chi connectivity index (χ4v) is 2.90. The SMILES string of the molecule is O=C(Cc1ccsc1C(=O)O)NCc1cccs1. The molecule has 0 fully saturated rings. The van der Waals surface area contributed by atoms with Gasteiger partial charge in [0.05, 0.1) is 13.0 Å². The molecule has 0 spiro atoms. The highest BCUT2D eigenvalue weighted by atomic mass is 32.1. The van der Waals surface area contributed by atoms with Gasteiger partial charge in [-0.2, -0.15) is 0 Å². The van der Waals surface area contributed by atoms with Crippen LogP contribution in [0, 0.1) is 0 Å². The predicted octanol–water partition coefficient (Wildman–Crippen LogP) is 2.37. The predicted molar refractivity (Wildman–Crippen MR) is 71.1 cm³/mol. The highest BCUT2D eigenvalue weighted by Crippen LogP contribution is 2.17. The van der Waals surface area contributed by atoms with Gasteiger partial charge in [-0.05, 0) is 28.5 Å². The van der Waals surface area contributed by atoms with E-state index in [2.05, 4.69) is 5.32 Å². The molecular formula is C12H11NO3S2. The molecule has 2 rings (SSSR count). The number of carbonyl (C=O) groups excluding carboxylic acids is 1. The lowest BCUT2D eigenvalue weighted by Gasteiger charge is -2.03. The van der Waals surface area contributed by atoms with Crippen molar-refractivity contribution >= 4 is 34.6 Å². The van der Waals surface area contributed by atoms with Crippen molar-refractivity contribution in [2.75, 3.05) is 0 Å². The number of carboxylic acid groups (broad SMARTS) is 1. The van der Waals surface area contributed by atoms with E-state index in [1.807, 2.05) is 17.5 Å². The number of carbonyl (C=O) groups is 2. The van der Waals surface area contributed by atoms with Crippen molar-refractivity contribution in [2.45, 2.75) is 13.0 Å². The highest BCUT2D eigenvalue weighted by Gasteiger charge is 2.14. The van der Waals surface area contributed by atoms with Crippen molar-refractivity contribution in [2.24, 2.45) is 0 Å². The zero-order valence-electron chi connectivity index (χ0n) is 9.38. The monoisotopic (exact) mass is 281 g/mol. The number of carboxylic acids is 1. The van der Waals surface area contributed by atoms with Crippen LogP contribution in [0.4, 0.5) is 0 Å². The molecule has 2 heterocycles. The van der Waals surface area contributed by atoms with Crippen LogP contribution in [0.15, 0.2) is 29.0 Å². The number of aromatic carboxylic acids is 1. The average molecular weight is 281 g/mol. The van der Waals surface area contributed by atoms with E-state index in [-0.39, 0.29) is 17.2 Å². The van der Waals surface area contributed by atoms with Gasteiger partial charge in [0.15, 0.2) is 0 Å². The Morgan fingerprint density at radius 1 is 1.22 bits per heavy atom. The summed E-state index contributed by atoms with van der Waals surface area (Å²) in [6, 6.07) is 5.55. The third kappa shape index (κ3) is 3.18. The summed E-state index contributed by atoms with van der Waals surface area (Å²) in [6.07, 6.45) is 0.108. The van der Waals surface area contributed by atoms with Gasteiger partial charge in [0.25, 0.3) is 0 Å². The third-order valence-corrected chi connectivity index (χ3v) is 4.15. The van der Waals surface area contributed by atoms with Crippen molar-refractivity contribution in [3.05, 3.63) is 44.3 Å². The summed E-state index contributed by atoms with van der Waals surface area (Å²) in [5.74, 6) is -1.14. The summed E-state index contributed by atoms with van der Waals surface area (Å²) in [6.45, 7) is 0.489. The first-order valence-corrected chi connectivity index (χ1v) is 7.01. The number of hydrogen-bond acceptors (Lipinski definition) is 4. The summed E-state index contributed by atoms with van der Waals surface area (Å²) < 4.78 is 0. The van der Waals surface area contributed by atoms with Crippen LogP contribution in [0.3, 0.4) is 0 Å². The van der Waals surface area contributed by atoms with Gasteiger partial charge in [-0.15, -0.1) is 22.7 Å². The minimum atomic E-state index is -0.981. The fourth-order valence-electron chi connectivity index (χ4n) is 1.50. The van der Waals surface area contributed by atoms with Crippen LogP contribution in [0.2, 0.25) is 0 Å². The molecule has 0 aliphatic rings. The maximum atomic E-state index is 11.7. The lowest BCUT2D eigenvalue weighted by molar-refractivity contribution is -0.120. The first-order chi connectivity index (χ1) is 8.66. The highest BCUT2D eigenvalue weighted by molar-refractivity contribution is 7.12. The van der Waals surface area contributed by atoms with Crippen LogP contribution < -0.4 is 5.32 Å². The number of thiophene rings is 2. The molecule has 0 unspecified atom stereocenters. The second-order valence-corrected chi connectivity index (χ2v) is 5.56. The molecular weight excluding hydrogens is 270 g/mol. The van der Waals surface area contributed by atoms with Gasteiger partial charge in [-0.3, -0.25) is 4.79 Å². The van der Waals surface area contributed by atoms with E-state index in [0.29, 0.717) is 12.1 Å². The first-order valence-electron chi connectivity index (χ1n) is 5.25. The molecule has 2 aromatic rings. The smallest absolute Gasteiger partial charge is 0.346 e. The maximum absolute atomic E-state index is 11.7. The minimum Gasteiger partial charge on any atom is -0.477 e. The van der Waals surface area contributed by atoms with Crippen LogP contribution in [0.1, 0.15) is 20.1 Å². The molecule has 6 heteroatoms. The molecule has 0 atom stereocenters. The van der Waals surface area contributed by atoms with Crippen LogP contribution in [0.25, 0.3) is 0 Å². The van der Waals surface area contributed by atoms with Crippen molar-refractivity contribution in [1.82, 2.24) is 5.32 Å². The molecule has 2 N–H and O–H groups in total.